The predicted molar refractivity (Wildman–Crippen MR) is 72.2 cm³/mol. The third-order valence-corrected chi connectivity index (χ3v) is 3.59. The summed E-state index contributed by atoms with van der Waals surface area (Å²) in [5.41, 5.74) is 0. The van der Waals surface area contributed by atoms with E-state index in [4.69, 9.17) is 5.11 Å². The molecule has 1 rings (SSSR count). The number of hydrogen-bond acceptors (Lipinski definition) is 4. The van der Waals surface area contributed by atoms with Crippen LogP contribution in [-0.4, -0.2) is 77.5 Å². The summed E-state index contributed by atoms with van der Waals surface area (Å²) in [6.45, 7) is 0.884. The molecule has 108 valence electrons. The minimum Gasteiger partial charge on any atom is -0.480 e. The smallest absolute Gasteiger partial charge is 0.326 e. The highest BCUT2D eigenvalue weighted by atomic mass is 32.2. The van der Waals surface area contributed by atoms with Gasteiger partial charge < -0.3 is 20.2 Å². The van der Waals surface area contributed by atoms with Gasteiger partial charge in [-0.2, -0.15) is 11.8 Å². The monoisotopic (exact) mass is 289 g/mol. The van der Waals surface area contributed by atoms with Gasteiger partial charge in [-0.05, 0) is 18.4 Å². The average molecular weight is 289 g/mol. The van der Waals surface area contributed by atoms with E-state index in [9.17, 15) is 14.4 Å². The van der Waals surface area contributed by atoms with Gasteiger partial charge in [0.15, 0.2) is 0 Å². The molecule has 7 nitrogen and oxygen atoms in total. The maximum absolute atomic E-state index is 11.9. The number of thioether (sulfide) groups is 1. The Morgan fingerprint density at radius 2 is 2.16 bits per heavy atom. The molecule has 0 unspecified atom stereocenters. The Kier molecular flexibility index (Phi) is 5.94. The van der Waals surface area contributed by atoms with E-state index in [1.165, 1.54) is 16.7 Å². The van der Waals surface area contributed by atoms with Crippen molar-refractivity contribution in [1.29, 1.82) is 0 Å². The zero-order valence-corrected chi connectivity index (χ0v) is 11.9. The summed E-state index contributed by atoms with van der Waals surface area (Å²) in [6.07, 6.45) is 2.24. The molecule has 0 spiro atoms. The largest absolute Gasteiger partial charge is 0.480 e. The number of nitrogens with zero attached hydrogens (tertiary/aromatic N) is 2. The molecule has 1 aliphatic rings. The van der Waals surface area contributed by atoms with Crippen molar-refractivity contribution in [3.05, 3.63) is 0 Å². The lowest BCUT2D eigenvalue weighted by Gasteiger charge is -2.32. The van der Waals surface area contributed by atoms with Crippen molar-refractivity contribution < 1.29 is 19.5 Å². The van der Waals surface area contributed by atoms with Crippen LogP contribution in [0.2, 0.25) is 0 Å². The molecule has 0 radical (unpaired) electrons. The second-order valence-electron chi connectivity index (χ2n) is 4.36. The number of aliphatic carboxylic acids is 1. The van der Waals surface area contributed by atoms with Crippen LogP contribution in [0.15, 0.2) is 0 Å². The molecule has 0 aliphatic carbocycles. The summed E-state index contributed by atoms with van der Waals surface area (Å²) in [4.78, 5) is 37.3. The lowest BCUT2D eigenvalue weighted by Crippen LogP contribution is -2.56. The number of likely N-dealkylation sites (N-methyl/N-ethyl adjacent to an activating group) is 1. The van der Waals surface area contributed by atoms with E-state index in [2.05, 4.69) is 5.32 Å². The van der Waals surface area contributed by atoms with Crippen LogP contribution in [-0.2, 0) is 9.59 Å². The van der Waals surface area contributed by atoms with Gasteiger partial charge in [0.05, 0.1) is 0 Å². The molecule has 1 fully saturated rings. The molecule has 1 atom stereocenters. The van der Waals surface area contributed by atoms with Gasteiger partial charge in [-0.15, -0.1) is 0 Å². The lowest BCUT2D eigenvalue weighted by atomic mass is 10.2. The highest BCUT2D eigenvalue weighted by molar-refractivity contribution is 7.98. The molecule has 1 aliphatic heterocycles. The number of urea groups is 1. The highest BCUT2D eigenvalue weighted by Gasteiger charge is 2.27. The van der Waals surface area contributed by atoms with Crippen molar-refractivity contribution in [1.82, 2.24) is 15.1 Å². The molecule has 8 heteroatoms. The number of amides is 3. The number of carboxylic acids is 1. The van der Waals surface area contributed by atoms with E-state index in [0.29, 0.717) is 25.3 Å². The number of carboxylic acid groups (broad SMARTS) is 1. The molecule has 0 bridgehead atoms. The molecular formula is C11H19N3O4S. The van der Waals surface area contributed by atoms with Crippen molar-refractivity contribution in [3.63, 3.8) is 0 Å². The fourth-order valence-electron chi connectivity index (χ4n) is 1.67. The van der Waals surface area contributed by atoms with Gasteiger partial charge in [-0.1, -0.05) is 0 Å². The topological polar surface area (TPSA) is 90.0 Å². The first-order valence-electron chi connectivity index (χ1n) is 5.97. The average Bonchev–Trinajstić information content (AvgIpc) is 2.37. The minimum absolute atomic E-state index is 0.00278. The minimum atomic E-state index is -1.05. The number of carbonyl (C=O) groups excluding carboxylic acids is 2. The van der Waals surface area contributed by atoms with Crippen molar-refractivity contribution in [2.45, 2.75) is 12.5 Å². The fraction of sp³-hybridized carbons (Fsp3) is 0.727. The number of nitrogens with one attached hydrogen (secondary N) is 1. The summed E-state index contributed by atoms with van der Waals surface area (Å²) in [6, 6.07) is -1.40. The molecule has 0 aromatic carbocycles. The van der Waals surface area contributed by atoms with Crippen LogP contribution in [0.3, 0.4) is 0 Å². The third kappa shape index (κ3) is 4.62. The van der Waals surface area contributed by atoms with Gasteiger partial charge >= 0.3 is 12.0 Å². The van der Waals surface area contributed by atoms with E-state index >= 15 is 0 Å². The molecule has 2 N–H and O–H groups in total. The van der Waals surface area contributed by atoms with Gasteiger partial charge in [-0.25, -0.2) is 9.59 Å². The number of rotatable bonds is 5. The van der Waals surface area contributed by atoms with Crippen LogP contribution in [0.25, 0.3) is 0 Å². The Morgan fingerprint density at radius 1 is 1.47 bits per heavy atom. The Labute approximate surface area is 116 Å². The molecule has 0 saturated carbocycles. The van der Waals surface area contributed by atoms with Gasteiger partial charge in [0, 0.05) is 20.1 Å². The second-order valence-corrected chi connectivity index (χ2v) is 5.34. The Hall–Kier alpha value is -1.44. The van der Waals surface area contributed by atoms with Gasteiger partial charge in [0.1, 0.15) is 12.6 Å². The van der Waals surface area contributed by atoms with E-state index in [0.717, 1.165) is 0 Å². The molecule has 0 aromatic heterocycles. The van der Waals surface area contributed by atoms with Crippen molar-refractivity contribution in [2.75, 3.05) is 38.7 Å². The zero-order chi connectivity index (χ0) is 14.4. The molecule has 1 heterocycles. The first-order valence-corrected chi connectivity index (χ1v) is 7.36. The quantitative estimate of drug-likeness (QED) is 0.724. The van der Waals surface area contributed by atoms with Gasteiger partial charge in [-0.3, -0.25) is 4.79 Å². The molecular weight excluding hydrogens is 270 g/mol. The standard InChI is InChI=1S/C11H19N3O4S/c1-13-4-5-14(7-9(13)15)11(18)12-8(10(16)17)3-6-19-2/h8H,3-7H2,1-2H3,(H,12,18)(H,16,17)/t8-/m0/s1. The van der Waals surface area contributed by atoms with Gasteiger partial charge in [0.2, 0.25) is 5.91 Å². The zero-order valence-electron chi connectivity index (χ0n) is 11.1. The lowest BCUT2D eigenvalue weighted by molar-refractivity contribution is -0.139. The normalized spacial score (nSPS) is 17.3. The third-order valence-electron chi connectivity index (χ3n) is 2.95. The Balaban J connectivity index is 2.52. The predicted octanol–water partition coefficient (Wildman–Crippen LogP) is -0.324. The fourth-order valence-corrected chi connectivity index (χ4v) is 2.14. The molecule has 19 heavy (non-hydrogen) atoms. The van der Waals surface area contributed by atoms with Crippen molar-refractivity contribution >= 4 is 29.7 Å². The van der Waals surface area contributed by atoms with Crippen LogP contribution in [0, 0.1) is 0 Å². The van der Waals surface area contributed by atoms with Crippen molar-refractivity contribution in [2.24, 2.45) is 0 Å². The maximum Gasteiger partial charge on any atom is 0.326 e. The van der Waals surface area contributed by atoms with Crippen molar-refractivity contribution in [3.8, 4) is 0 Å². The SMILES string of the molecule is CSCC[C@H](NC(=O)N1CCN(C)C(=O)C1)C(=O)O. The molecule has 1 saturated heterocycles. The van der Waals surface area contributed by atoms with Gasteiger partial charge in [0.25, 0.3) is 0 Å². The Morgan fingerprint density at radius 3 is 2.68 bits per heavy atom. The van der Waals surface area contributed by atoms with E-state index in [1.54, 1.807) is 11.9 Å². The number of hydrogen-bond donors (Lipinski definition) is 2. The van der Waals surface area contributed by atoms with E-state index in [1.807, 2.05) is 6.26 Å². The molecule has 0 aromatic rings. The van der Waals surface area contributed by atoms with Crippen LogP contribution in [0.4, 0.5) is 4.79 Å². The van der Waals surface area contributed by atoms with Crippen LogP contribution >= 0.6 is 11.8 Å². The van der Waals surface area contributed by atoms with E-state index < -0.39 is 18.0 Å². The maximum atomic E-state index is 11.9. The molecule has 3 amide bonds. The highest BCUT2D eigenvalue weighted by Crippen LogP contribution is 2.05. The van der Waals surface area contributed by atoms with Crippen LogP contribution < -0.4 is 5.32 Å². The summed E-state index contributed by atoms with van der Waals surface area (Å²) in [5, 5.41) is 11.5. The Bertz CT molecular complexity index is 364. The first kappa shape index (κ1) is 15.6. The number of piperazine rings is 1. The second kappa shape index (κ2) is 7.22. The van der Waals surface area contributed by atoms with E-state index in [-0.39, 0.29) is 12.5 Å². The summed E-state index contributed by atoms with van der Waals surface area (Å²) < 4.78 is 0. The number of carbonyl (C=O) groups is 3. The first-order chi connectivity index (χ1) is 8.95. The summed E-state index contributed by atoms with van der Waals surface area (Å²) in [5.74, 6) is -0.543. The van der Waals surface area contributed by atoms with Crippen LogP contribution in [0.1, 0.15) is 6.42 Å². The van der Waals surface area contributed by atoms with Crippen LogP contribution in [0.5, 0.6) is 0 Å². The summed E-state index contributed by atoms with van der Waals surface area (Å²) in [7, 11) is 1.68. The summed E-state index contributed by atoms with van der Waals surface area (Å²) >= 11 is 1.52.